The van der Waals surface area contributed by atoms with Crippen LogP contribution in [0.25, 0.3) is 0 Å². The fraction of sp³-hybridized carbons (Fsp3) is 0.857. The monoisotopic (exact) mass is 190 g/mol. The van der Waals surface area contributed by atoms with Crippen LogP contribution in [0.5, 0.6) is 0 Å². The number of rotatable bonds is 1. The van der Waals surface area contributed by atoms with Gasteiger partial charge in [-0.3, -0.25) is 0 Å². The van der Waals surface area contributed by atoms with Crippen molar-refractivity contribution in [3.63, 3.8) is 0 Å². The highest BCUT2D eigenvalue weighted by atomic mass is 79.9. The predicted octanol–water partition coefficient (Wildman–Crippen LogP) is 2.14. The van der Waals surface area contributed by atoms with Gasteiger partial charge in [-0.1, -0.05) is 22.4 Å². The van der Waals surface area contributed by atoms with Gasteiger partial charge in [0.05, 0.1) is 0 Å². The Morgan fingerprint density at radius 3 is 2.67 bits per heavy atom. The van der Waals surface area contributed by atoms with Crippen LogP contribution in [0.4, 0.5) is 0 Å². The van der Waals surface area contributed by atoms with E-state index in [9.17, 15) is 4.79 Å². The molecule has 0 bridgehead atoms. The van der Waals surface area contributed by atoms with E-state index in [4.69, 9.17) is 0 Å². The minimum atomic E-state index is 0.336. The third-order valence-electron chi connectivity index (χ3n) is 1.84. The van der Waals surface area contributed by atoms with Crippen molar-refractivity contribution in [2.24, 2.45) is 5.92 Å². The molecule has 0 amide bonds. The van der Waals surface area contributed by atoms with Crippen LogP contribution < -0.4 is 0 Å². The minimum absolute atomic E-state index is 0.336. The van der Waals surface area contributed by atoms with E-state index in [2.05, 4.69) is 15.9 Å². The molecule has 0 heterocycles. The second-order valence-corrected chi connectivity index (χ2v) is 3.96. The average Bonchev–Trinajstić information content (AvgIpc) is 1.88. The lowest BCUT2D eigenvalue weighted by atomic mass is 9.90. The van der Waals surface area contributed by atoms with Crippen LogP contribution in [-0.2, 0) is 4.79 Å². The second-order valence-electron chi connectivity index (χ2n) is 2.66. The molecule has 0 aromatic rings. The van der Waals surface area contributed by atoms with E-state index in [0.717, 1.165) is 19.1 Å². The number of carbonyl (C=O) groups excluding carboxylic acids is 1. The summed E-state index contributed by atoms with van der Waals surface area (Å²) in [4.78, 5) is 10.9. The molecule has 2 atom stereocenters. The number of halogens is 1. The Bertz CT molecular complexity index is 103. The Hall–Kier alpha value is 0.150. The highest BCUT2D eigenvalue weighted by molar-refractivity contribution is 9.09. The first-order chi connectivity index (χ1) is 4.33. The molecule has 1 aliphatic carbocycles. The predicted molar refractivity (Wildman–Crippen MR) is 40.7 cm³/mol. The Balaban J connectivity index is 2.31. The minimum Gasteiger partial charge on any atom is -0.303 e. The lowest BCUT2D eigenvalue weighted by molar-refractivity contribution is -0.111. The second kappa shape index (κ2) is 3.35. The van der Waals surface area contributed by atoms with Crippen molar-refractivity contribution in [1.82, 2.24) is 0 Å². The van der Waals surface area contributed by atoms with Gasteiger partial charge in [0, 0.05) is 10.7 Å². The third-order valence-corrected chi connectivity index (χ3v) is 2.67. The Morgan fingerprint density at radius 2 is 2.22 bits per heavy atom. The van der Waals surface area contributed by atoms with Crippen molar-refractivity contribution in [3.8, 4) is 0 Å². The van der Waals surface area contributed by atoms with Gasteiger partial charge in [-0.15, -0.1) is 0 Å². The van der Waals surface area contributed by atoms with Crippen molar-refractivity contribution in [2.45, 2.75) is 30.5 Å². The summed E-state index contributed by atoms with van der Waals surface area (Å²) in [6.45, 7) is 0. The summed E-state index contributed by atoms with van der Waals surface area (Å²) in [6.07, 6.45) is 5.69. The highest BCUT2D eigenvalue weighted by Crippen LogP contribution is 2.27. The molecule has 9 heavy (non-hydrogen) atoms. The molecule has 2 unspecified atom stereocenters. The van der Waals surface area contributed by atoms with Crippen LogP contribution in [0.2, 0.25) is 0 Å². The summed E-state index contributed by atoms with van der Waals surface area (Å²) >= 11 is 3.51. The van der Waals surface area contributed by atoms with Gasteiger partial charge >= 0.3 is 0 Å². The quantitative estimate of drug-likeness (QED) is 0.458. The van der Waals surface area contributed by atoms with Gasteiger partial charge < -0.3 is 4.79 Å². The van der Waals surface area contributed by atoms with Gasteiger partial charge in [-0.05, 0) is 19.3 Å². The molecular formula is C7H11BrO. The van der Waals surface area contributed by atoms with Crippen molar-refractivity contribution >= 4 is 22.2 Å². The summed E-state index contributed by atoms with van der Waals surface area (Å²) in [5.74, 6) is 0.336. The Kier molecular flexibility index (Phi) is 2.70. The molecule has 0 aromatic heterocycles. The number of aldehydes is 1. The molecule has 1 aliphatic rings. The highest BCUT2D eigenvalue weighted by Gasteiger charge is 2.18. The molecule has 0 aliphatic heterocycles. The van der Waals surface area contributed by atoms with Gasteiger partial charge in [0.15, 0.2) is 0 Å². The molecule has 52 valence electrons. The van der Waals surface area contributed by atoms with E-state index in [1.54, 1.807) is 0 Å². The first-order valence-corrected chi connectivity index (χ1v) is 4.34. The largest absolute Gasteiger partial charge is 0.303 e. The first-order valence-electron chi connectivity index (χ1n) is 3.42. The van der Waals surface area contributed by atoms with E-state index in [1.165, 1.54) is 12.8 Å². The molecule has 0 N–H and O–H groups in total. The lowest BCUT2D eigenvalue weighted by Gasteiger charge is -2.20. The van der Waals surface area contributed by atoms with Crippen molar-refractivity contribution in [2.75, 3.05) is 0 Å². The van der Waals surface area contributed by atoms with Crippen LogP contribution in [0.1, 0.15) is 25.7 Å². The molecule has 1 fully saturated rings. The van der Waals surface area contributed by atoms with E-state index < -0.39 is 0 Å². The maximum atomic E-state index is 10.3. The summed E-state index contributed by atoms with van der Waals surface area (Å²) < 4.78 is 0. The van der Waals surface area contributed by atoms with Crippen molar-refractivity contribution in [3.05, 3.63) is 0 Å². The standard InChI is InChI=1S/C7H11BrO/c8-7-3-1-2-6(4-7)5-9/h5-7H,1-4H2. The molecule has 1 nitrogen and oxygen atoms in total. The van der Waals surface area contributed by atoms with Gasteiger partial charge in [0.25, 0.3) is 0 Å². The van der Waals surface area contributed by atoms with Crippen LogP contribution in [0.15, 0.2) is 0 Å². The fourth-order valence-corrected chi connectivity index (χ4v) is 2.09. The Morgan fingerprint density at radius 1 is 1.44 bits per heavy atom. The van der Waals surface area contributed by atoms with E-state index in [-0.39, 0.29) is 0 Å². The Labute approximate surface area is 64.0 Å². The van der Waals surface area contributed by atoms with Gasteiger partial charge in [0.2, 0.25) is 0 Å². The van der Waals surface area contributed by atoms with E-state index in [1.807, 2.05) is 0 Å². The zero-order valence-electron chi connectivity index (χ0n) is 5.35. The smallest absolute Gasteiger partial charge is 0.123 e. The molecule has 2 heteroatoms. The van der Waals surface area contributed by atoms with Gasteiger partial charge in [-0.2, -0.15) is 0 Å². The molecule has 1 rings (SSSR count). The van der Waals surface area contributed by atoms with Crippen molar-refractivity contribution in [1.29, 1.82) is 0 Å². The van der Waals surface area contributed by atoms with Crippen LogP contribution in [0.3, 0.4) is 0 Å². The molecule has 0 aromatic carbocycles. The molecule has 0 saturated heterocycles. The normalized spacial score (nSPS) is 36.1. The zero-order chi connectivity index (χ0) is 6.69. The fourth-order valence-electron chi connectivity index (χ4n) is 1.29. The zero-order valence-corrected chi connectivity index (χ0v) is 6.93. The summed E-state index contributed by atoms with van der Waals surface area (Å²) in [5, 5.41) is 0. The summed E-state index contributed by atoms with van der Waals surface area (Å²) in [7, 11) is 0. The van der Waals surface area contributed by atoms with E-state index >= 15 is 0 Å². The SMILES string of the molecule is O=CC1CCCC(Br)C1. The topological polar surface area (TPSA) is 17.1 Å². The van der Waals surface area contributed by atoms with Crippen molar-refractivity contribution < 1.29 is 4.79 Å². The molecule has 1 saturated carbocycles. The van der Waals surface area contributed by atoms with Crippen LogP contribution >= 0.6 is 15.9 Å². The number of alkyl halides is 1. The van der Waals surface area contributed by atoms with Gasteiger partial charge in [0.1, 0.15) is 6.29 Å². The van der Waals surface area contributed by atoms with Crippen LogP contribution in [0, 0.1) is 5.92 Å². The lowest BCUT2D eigenvalue weighted by Crippen LogP contribution is -2.15. The molecular weight excluding hydrogens is 180 g/mol. The van der Waals surface area contributed by atoms with E-state index in [0.29, 0.717) is 10.7 Å². The molecule has 0 radical (unpaired) electrons. The maximum absolute atomic E-state index is 10.3. The summed E-state index contributed by atoms with van der Waals surface area (Å²) in [5.41, 5.74) is 0. The maximum Gasteiger partial charge on any atom is 0.123 e. The number of carbonyl (C=O) groups is 1. The number of hydrogen-bond acceptors (Lipinski definition) is 1. The van der Waals surface area contributed by atoms with Crippen LogP contribution in [-0.4, -0.2) is 11.1 Å². The first kappa shape index (κ1) is 7.26. The average molecular weight is 191 g/mol. The number of hydrogen-bond donors (Lipinski definition) is 0. The summed E-state index contributed by atoms with van der Waals surface area (Å²) in [6, 6.07) is 0. The third kappa shape index (κ3) is 2.09. The van der Waals surface area contributed by atoms with Gasteiger partial charge in [-0.25, -0.2) is 0 Å². The molecule has 0 spiro atoms.